The highest BCUT2D eigenvalue weighted by atomic mass is 16.5. The van der Waals surface area contributed by atoms with Gasteiger partial charge in [0, 0.05) is 36.2 Å². The molecule has 1 unspecified atom stereocenters. The van der Waals surface area contributed by atoms with Crippen LogP contribution in [0.3, 0.4) is 0 Å². The summed E-state index contributed by atoms with van der Waals surface area (Å²) in [6.45, 7) is 2.45. The molecular formula is C28H28N2O5. The number of primary amides is 1. The Bertz CT molecular complexity index is 1380. The third-order valence-electron chi connectivity index (χ3n) is 5.92. The van der Waals surface area contributed by atoms with Gasteiger partial charge in [-0.25, -0.2) is 4.79 Å². The largest absolute Gasteiger partial charge is 0.494 e. The molecule has 4 aromatic rings. The number of pyridine rings is 1. The van der Waals surface area contributed by atoms with Crippen LogP contribution in [-0.2, 0) is 24.1 Å². The summed E-state index contributed by atoms with van der Waals surface area (Å²) in [5.74, 6) is -0.283. The molecule has 2 aromatic carbocycles. The molecule has 1 amide bonds. The highest BCUT2D eigenvalue weighted by Gasteiger charge is 2.35. The van der Waals surface area contributed by atoms with E-state index in [4.69, 9.17) is 14.9 Å². The Morgan fingerprint density at radius 2 is 1.86 bits per heavy atom. The normalized spacial score (nSPS) is 12.9. The zero-order valence-corrected chi connectivity index (χ0v) is 19.6. The number of nitrogens with zero attached hydrogens (tertiary/aromatic N) is 1. The van der Waals surface area contributed by atoms with E-state index in [0.29, 0.717) is 28.9 Å². The number of amides is 1. The third kappa shape index (κ3) is 6.13. The van der Waals surface area contributed by atoms with Gasteiger partial charge < -0.3 is 20.0 Å². The molecular weight excluding hydrogens is 444 g/mol. The number of fused-ring (bicyclic) bond motifs is 1. The van der Waals surface area contributed by atoms with Crippen LogP contribution in [0, 0.1) is 6.92 Å². The number of benzene rings is 2. The summed E-state index contributed by atoms with van der Waals surface area (Å²) in [6, 6.07) is 18.2. The van der Waals surface area contributed by atoms with Crippen LogP contribution in [0.25, 0.3) is 11.0 Å². The molecule has 35 heavy (non-hydrogen) atoms. The van der Waals surface area contributed by atoms with Crippen molar-refractivity contribution in [2.45, 2.75) is 38.2 Å². The van der Waals surface area contributed by atoms with Gasteiger partial charge in [0.2, 0.25) is 5.91 Å². The monoisotopic (exact) mass is 472 g/mol. The van der Waals surface area contributed by atoms with Gasteiger partial charge in [0.15, 0.2) is 5.60 Å². The van der Waals surface area contributed by atoms with E-state index >= 15 is 0 Å². The van der Waals surface area contributed by atoms with Gasteiger partial charge in [-0.3, -0.25) is 9.78 Å². The first-order valence-electron chi connectivity index (χ1n) is 11.5. The smallest absolute Gasteiger partial charge is 0.339 e. The van der Waals surface area contributed by atoms with Gasteiger partial charge in [-0.05, 0) is 73.4 Å². The van der Waals surface area contributed by atoms with E-state index in [9.17, 15) is 14.7 Å². The van der Waals surface area contributed by atoms with Crippen LogP contribution in [0.4, 0.5) is 0 Å². The molecule has 0 bridgehead atoms. The Morgan fingerprint density at radius 1 is 1.06 bits per heavy atom. The molecule has 0 aliphatic heterocycles. The lowest BCUT2D eigenvalue weighted by molar-refractivity contribution is -0.136. The highest BCUT2D eigenvalue weighted by molar-refractivity contribution is 5.84. The third-order valence-corrected chi connectivity index (χ3v) is 5.92. The first kappa shape index (κ1) is 24.2. The van der Waals surface area contributed by atoms with Crippen molar-refractivity contribution in [1.29, 1.82) is 0 Å². The van der Waals surface area contributed by atoms with Crippen molar-refractivity contribution in [3.63, 3.8) is 0 Å². The lowest BCUT2D eigenvalue weighted by Gasteiger charge is -2.24. The lowest BCUT2D eigenvalue weighted by atomic mass is 9.87. The predicted octanol–water partition coefficient (Wildman–Crippen LogP) is 3.51. The highest BCUT2D eigenvalue weighted by Crippen LogP contribution is 2.23. The number of hydrogen-bond acceptors (Lipinski definition) is 6. The molecule has 1 atom stereocenters. The zero-order valence-electron chi connectivity index (χ0n) is 19.6. The molecule has 180 valence electrons. The Balaban J connectivity index is 1.46. The second kappa shape index (κ2) is 10.5. The standard InChI is InChI=1S/C28H28N2O5/c1-19-7-8-25-22(14-19)16-23(26(31)35-25)18-28(33,27(29)32)17-21-4-2-6-24(15-21)34-13-3-5-20-9-11-30-12-10-20/h2,4,6-12,14-16,33H,3,5,13,17-18H2,1H3,(H2,29,32). The molecule has 0 fully saturated rings. The van der Waals surface area contributed by atoms with Crippen molar-refractivity contribution in [2.24, 2.45) is 5.73 Å². The van der Waals surface area contributed by atoms with Crippen molar-refractivity contribution in [2.75, 3.05) is 6.61 Å². The second-order valence-electron chi connectivity index (χ2n) is 8.80. The van der Waals surface area contributed by atoms with Crippen LogP contribution in [0.15, 0.2) is 82.3 Å². The van der Waals surface area contributed by atoms with E-state index in [0.717, 1.165) is 18.4 Å². The summed E-state index contributed by atoms with van der Waals surface area (Å²) in [5.41, 5.74) is 6.51. The number of hydrogen-bond donors (Lipinski definition) is 2. The van der Waals surface area contributed by atoms with Crippen molar-refractivity contribution in [1.82, 2.24) is 4.98 Å². The van der Waals surface area contributed by atoms with Crippen molar-refractivity contribution in [3.05, 3.63) is 106 Å². The molecule has 0 saturated heterocycles. The molecule has 2 aromatic heterocycles. The molecule has 7 nitrogen and oxygen atoms in total. The molecule has 0 saturated carbocycles. The molecule has 0 aliphatic rings. The second-order valence-corrected chi connectivity index (χ2v) is 8.80. The van der Waals surface area contributed by atoms with Gasteiger partial charge in [-0.2, -0.15) is 0 Å². The fourth-order valence-electron chi connectivity index (χ4n) is 4.06. The minimum absolute atomic E-state index is 0.0676. The molecule has 3 N–H and O–H groups in total. The van der Waals surface area contributed by atoms with Crippen LogP contribution in [0.1, 0.15) is 28.7 Å². The number of aromatic nitrogens is 1. The number of carbonyl (C=O) groups is 1. The number of rotatable bonds is 10. The number of aryl methyl sites for hydroxylation is 2. The van der Waals surface area contributed by atoms with E-state index in [-0.39, 0.29) is 18.4 Å². The quantitative estimate of drug-likeness (QED) is 0.270. The first-order valence-corrected chi connectivity index (χ1v) is 11.5. The van der Waals surface area contributed by atoms with Crippen LogP contribution in [0.5, 0.6) is 5.75 Å². The van der Waals surface area contributed by atoms with E-state index in [1.165, 1.54) is 5.56 Å². The predicted molar refractivity (Wildman–Crippen MR) is 133 cm³/mol. The molecule has 0 spiro atoms. The van der Waals surface area contributed by atoms with Crippen LogP contribution in [0.2, 0.25) is 0 Å². The van der Waals surface area contributed by atoms with Gasteiger partial charge in [0.05, 0.1) is 6.61 Å². The maximum atomic E-state index is 12.5. The number of aliphatic hydroxyl groups is 1. The fourth-order valence-corrected chi connectivity index (χ4v) is 4.06. The van der Waals surface area contributed by atoms with Crippen LogP contribution >= 0.6 is 0 Å². The number of carbonyl (C=O) groups excluding carboxylic acids is 1. The molecule has 2 heterocycles. The summed E-state index contributed by atoms with van der Waals surface area (Å²) in [5, 5.41) is 11.9. The molecule has 7 heteroatoms. The summed E-state index contributed by atoms with van der Waals surface area (Å²) in [4.78, 5) is 28.8. The van der Waals surface area contributed by atoms with Crippen LogP contribution in [-0.4, -0.2) is 28.2 Å². The molecule has 4 rings (SSSR count). The van der Waals surface area contributed by atoms with E-state index < -0.39 is 17.1 Å². The van der Waals surface area contributed by atoms with Crippen molar-refractivity contribution >= 4 is 16.9 Å². The van der Waals surface area contributed by atoms with Crippen LogP contribution < -0.4 is 16.1 Å². The zero-order chi connectivity index (χ0) is 24.8. The Morgan fingerprint density at radius 3 is 2.63 bits per heavy atom. The maximum absolute atomic E-state index is 12.5. The SMILES string of the molecule is Cc1ccc2oc(=O)c(CC(O)(Cc3cccc(OCCCc4ccncc4)c3)C(N)=O)cc2c1. The van der Waals surface area contributed by atoms with Crippen molar-refractivity contribution in [3.8, 4) is 5.75 Å². The van der Waals surface area contributed by atoms with E-state index in [2.05, 4.69) is 4.98 Å². The average molecular weight is 473 g/mol. The minimum Gasteiger partial charge on any atom is -0.494 e. The lowest BCUT2D eigenvalue weighted by Crippen LogP contribution is -2.48. The summed E-state index contributed by atoms with van der Waals surface area (Å²) < 4.78 is 11.2. The number of ether oxygens (including phenoxy) is 1. The topological polar surface area (TPSA) is 116 Å². The molecule has 0 aliphatic carbocycles. The van der Waals surface area contributed by atoms with Gasteiger partial charge in [0.1, 0.15) is 11.3 Å². The summed E-state index contributed by atoms with van der Waals surface area (Å²) >= 11 is 0. The average Bonchev–Trinajstić information content (AvgIpc) is 2.83. The summed E-state index contributed by atoms with van der Waals surface area (Å²) in [6.07, 6.45) is 4.91. The van der Waals surface area contributed by atoms with Gasteiger partial charge in [-0.15, -0.1) is 0 Å². The van der Waals surface area contributed by atoms with Gasteiger partial charge in [0.25, 0.3) is 0 Å². The Labute approximate surface area is 203 Å². The van der Waals surface area contributed by atoms with E-state index in [1.807, 2.05) is 37.3 Å². The fraction of sp³-hybridized carbons (Fsp3) is 0.250. The van der Waals surface area contributed by atoms with Crippen molar-refractivity contribution < 1.29 is 19.1 Å². The molecule has 0 radical (unpaired) electrons. The van der Waals surface area contributed by atoms with E-state index in [1.54, 1.807) is 42.7 Å². The van der Waals surface area contributed by atoms with Gasteiger partial charge >= 0.3 is 5.63 Å². The Hall–Kier alpha value is -3.97. The Kier molecular flexibility index (Phi) is 7.27. The summed E-state index contributed by atoms with van der Waals surface area (Å²) in [7, 11) is 0. The van der Waals surface area contributed by atoms with Gasteiger partial charge in [-0.1, -0.05) is 23.8 Å². The maximum Gasteiger partial charge on any atom is 0.339 e. The minimum atomic E-state index is -1.97. The first-order chi connectivity index (χ1) is 16.8. The number of nitrogens with two attached hydrogens (primary N) is 1.